The van der Waals surface area contributed by atoms with Crippen molar-refractivity contribution in [3.63, 3.8) is 0 Å². The molecule has 2 aromatic heterocycles. The molecule has 0 amide bonds. The molecule has 0 unspecified atom stereocenters. The number of nitriles is 1. The third-order valence-electron chi connectivity index (χ3n) is 6.24. The standard InChI is InChI=1S/C25H22N6O2/c1-3-16-10-15(2)22(31(32)33)11-21(16)28-25-27-13-18(12-26)23(29-25)20-14-30-9-5-7-17-6-4-8-19(20)24(17)30/h4,6,8,10-11,13-14H,3,5,7,9H2,1-2H3,(H,27,28,29). The first kappa shape index (κ1) is 20.6. The molecule has 8 heteroatoms. The molecule has 4 aromatic rings. The molecule has 0 fully saturated rings. The van der Waals surface area contributed by atoms with Crippen LogP contribution in [0.1, 0.15) is 35.6 Å². The minimum absolute atomic E-state index is 0.0394. The number of nitro benzene ring substituents is 1. The number of nitrogens with zero attached hydrogens (tertiary/aromatic N) is 5. The molecule has 0 saturated carbocycles. The summed E-state index contributed by atoms with van der Waals surface area (Å²) in [6, 6.07) is 11.8. The number of aryl methyl sites for hydroxylation is 4. The Balaban J connectivity index is 1.63. The maximum Gasteiger partial charge on any atom is 0.274 e. The first-order valence-electron chi connectivity index (χ1n) is 10.9. The molecule has 0 bridgehead atoms. The van der Waals surface area contributed by atoms with Crippen LogP contribution in [0.5, 0.6) is 0 Å². The number of benzene rings is 2. The van der Waals surface area contributed by atoms with Crippen LogP contribution in [-0.4, -0.2) is 19.5 Å². The van der Waals surface area contributed by atoms with Crippen LogP contribution in [0.25, 0.3) is 22.2 Å². The number of anilines is 2. The van der Waals surface area contributed by atoms with Gasteiger partial charge in [0, 0.05) is 35.3 Å². The van der Waals surface area contributed by atoms with Crippen LogP contribution >= 0.6 is 0 Å². The first-order valence-corrected chi connectivity index (χ1v) is 10.9. The van der Waals surface area contributed by atoms with Gasteiger partial charge in [0.05, 0.1) is 33.6 Å². The second kappa shape index (κ2) is 8.02. The van der Waals surface area contributed by atoms with Crippen LogP contribution in [0.4, 0.5) is 17.3 Å². The molecule has 164 valence electrons. The van der Waals surface area contributed by atoms with E-state index in [1.54, 1.807) is 6.92 Å². The van der Waals surface area contributed by atoms with Crippen molar-refractivity contribution >= 4 is 28.2 Å². The third kappa shape index (κ3) is 3.48. The summed E-state index contributed by atoms with van der Waals surface area (Å²) in [5.41, 5.74) is 6.49. The second-order valence-electron chi connectivity index (χ2n) is 8.25. The van der Waals surface area contributed by atoms with Crippen LogP contribution in [-0.2, 0) is 19.4 Å². The molecule has 33 heavy (non-hydrogen) atoms. The lowest BCUT2D eigenvalue weighted by atomic mass is 10.0. The van der Waals surface area contributed by atoms with E-state index in [9.17, 15) is 15.4 Å². The summed E-state index contributed by atoms with van der Waals surface area (Å²) >= 11 is 0. The first-order chi connectivity index (χ1) is 16.0. The smallest absolute Gasteiger partial charge is 0.274 e. The Morgan fingerprint density at radius 3 is 2.94 bits per heavy atom. The van der Waals surface area contributed by atoms with Crippen LogP contribution in [0.3, 0.4) is 0 Å². The zero-order valence-electron chi connectivity index (χ0n) is 18.4. The van der Waals surface area contributed by atoms with Crippen molar-refractivity contribution in [3.05, 3.63) is 75.1 Å². The Morgan fingerprint density at radius 2 is 2.18 bits per heavy atom. The predicted molar refractivity (Wildman–Crippen MR) is 126 cm³/mol. The Kier molecular flexibility index (Phi) is 5.02. The SMILES string of the molecule is CCc1cc(C)c([N+](=O)[O-])cc1Nc1ncc(C#N)c(-c2cn3c4c(cccc24)CCC3)n1. The number of nitrogens with one attached hydrogen (secondary N) is 1. The van der Waals surface area contributed by atoms with Crippen molar-refractivity contribution in [2.24, 2.45) is 0 Å². The summed E-state index contributed by atoms with van der Waals surface area (Å²) in [6.45, 7) is 4.65. The second-order valence-corrected chi connectivity index (χ2v) is 8.25. The monoisotopic (exact) mass is 438 g/mol. The molecule has 0 saturated heterocycles. The van der Waals surface area contributed by atoms with Gasteiger partial charge in [-0.3, -0.25) is 10.1 Å². The van der Waals surface area contributed by atoms with E-state index in [1.807, 2.05) is 19.1 Å². The fourth-order valence-electron chi connectivity index (χ4n) is 4.66. The van der Waals surface area contributed by atoms with E-state index in [1.165, 1.54) is 23.3 Å². The molecule has 2 aromatic carbocycles. The van der Waals surface area contributed by atoms with E-state index in [0.717, 1.165) is 35.9 Å². The number of aromatic nitrogens is 3. The van der Waals surface area contributed by atoms with Crippen LogP contribution < -0.4 is 5.32 Å². The van der Waals surface area contributed by atoms with Gasteiger partial charge < -0.3 is 9.88 Å². The molecule has 1 aliphatic rings. The number of hydrogen-bond donors (Lipinski definition) is 1. The summed E-state index contributed by atoms with van der Waals surface area (Å²) in [5, 5.41) is 25.4. The Bertz CT molecular complexity index is 1460. The zero-order valence-corrected chi connectivity index (χ0v) is 18.4. The maximum atomic E-state index is 11.4. The Labute approximate surface area is 190 Å². The van der Waals surface area contributed by atoms with E-state index >= 15 is 0 Å². The molecule has 0 aliphatic carbocycles. The highest BCUT2D eigenvalue weighted by Gasteiger charge is 2.21. The van der Waals surface area contributed by atoms with Gasteiger partial charge in [-0.05, 0) is 43.4 Å². The Morgan fingerprint density at radius 1 is 1.33 bits per heavy atom. The molecular weight excluding hydrogens is 416 g/mol. The van der Waals surface area contributed by atoms with Gasteiger partial charge in [-0.2, -0.15) is 5.26 Å². The molecule has 1 aliphatic heterocycles. The van der Waals surface area contributed by atoms with Gasteiger partial charge in [0.2, 0.25) is 5.95 Å². The van der Waals surface area contributed by atoms with E-state index in [-0.39, 0.29) is 10.6 Å². The maximum absolute atomic E-state index is 11.4. The van der Waals surface area contributed by atoms with E-state index in [2.05, 4.69) is 39.3 Å². The minimum Gasteiger partial charge on any atom is -0.347 e. The molecule has 8 nitrogen and oxygen atoms in total. The molecule has 5 rings (SSSR count). The molecule has 1 N–H and O–H groups in total. The van der Waals surface area contributed by atoms with Crippen molar-refractivity contribution < 1.29 is 4.92 Å². The van der Waals surface area contributed by atoms with Crippen molar-refractivity contribution in [1.29, 1.82) is 5.26 Å². The number of para-hydroxylation sites is 1. The average molecular weight is 438 g/mol. The summed E-state index contributed by atoms with van der Waals surface area (Å²) in [4.78, 5) is 20.1. The number of rotatable bonds is 5. The lowest BCUT2D eigenvalue weighted by molar-refractivity contribution is -0.385. The van der Waals surface area contributed by atoms with Gasteiger partial charge >= 0.3 is 0 Å². The van der Waals surface area contributed by atoms with Gasteiger partial charge in [-0.15, -0.1) is 0 Å². The third-order valence-corrected chi connectivity index (χ3v) is 6.24. The van der Waals surface area contributed by atoms with Gasteiger partial charge in [0.15, 0.2) is 0 Å². The highest BCUT2D eigenvalue weighted by atomic mass is 16.6. The zero-order chi connectivity index (χ0) is 23.1. The summed E-state index contributed by atoms with van der Waals surface area (Å²) in [6.07, 6.45) is 6.38. The van der Waals surface area contributed by atoms with Crippen molar-refractivity contribution in [1.82, 2.24) is 14.5 Å². The average Bonchev–Trinajstić information content (AvgIpc) is 3.20. The van der Waals surface area contributed by atoms with Gasteiger partial charge in [0.25, 0.3) is 5.69 Å². The van der Waals surface area contributed by atoms with Crippen molar-refractivity contribution in [3.8, 4) is 17.3 Å². The van der Waals surface area contributed by atoms with Crippen LogP contribution in [0.2, 0.25) is 0 Å². The molecule has 0 radical (unpaired) electrons. The summed E-state index contributed by atoms with van der Waals surface area (Å²) in [7, 11) is 0. The lowest BCUT2D eigenvalue weighted by Crippen LogP contribution is -2.05. The normalized spacial score (nSPS) is 12.5. The van der Waals surface area contributed by atoms with E-state index in [4.69, 9.17) is 4.98 Å². The van der Waals surface area contributed by atoms with Gasteiger partial charge in [-0.25, -0.2) is 9.97 Å². The minimum atomic E-state index is -0.390. The molecular formula is C25H22N6O2. The molecule has 0 spiro atoms. The summed E-state index contributed by atoms with van der Waals surface area (Å²) in [5.74, 6) is 0.295. The molecule has 3 heterocycles. The largest absolute Gasteiger partial charge is 0.347 e. The van der Waals surface area contributed by atoms with Crippen molar-refractivity contribution in [2.45, 2.75) is 39.7 Å². The predicted octanol–water partition coefficient (Wildman–Crippen LogP) is 5.44. The van der Waals surface area contributed by atoms with Crippen LogP contribution in [0, 0.1) is 28.4 Å². The van der Waals surface area contributed by atoms with Crippen molar-refractivity contribution in [2.75, 3.05) is 5.32 Å². The topological polar surface area (TPSA) is 110 Å². The van der Waals surface area contributed by atoms with E-state index < -0.39 is 0 Å². The molecule has 0 atom stereocenters. The highest BCUT2D eigenvalue weighted by Crippen LogP contribution is 2.36. The summed E-state index contributed by atoms with van der Waals surface area (Å²) < 4.78 is 2.23. The fraction of sp³-hybridized carbons (Fsp3) is 0.240. The van der Waals surface area contributed by atoms with Crippen LogP contribution in [0.15, 0.2) is 42.7 Å². The van der Waals surface area contributed by atoms with Gasteiger partial charge in [-0.1, -0.05) is 25.1 Å². The highest BCUT2D eigenvalue weighted by molar-refractivity contribution is 5.98. The van der Waals surface area contributed by atoms with E-state index in [0.29, 0.717) is 34.9 Å². The number of nitro groups is 1. The lowest BCUT2D eigenvalue weighted by Gasteiger charge is -2.14. The number of hydrogen-bond acceptors (Lipinski definition) is 6. The quantitative estimate of drug-likeness (QED) is 0.328. The van der Waals surface area contributed by atoms with Gasteiger partial charge in [0.1, 0.15) is 6.07 Å². The Hall–Kier alpha value is -4.25. The fourth-order valence-corrected chi connectivity index (χ4v) is 4.66.